The number of sulfone groups is 1. The summed E-state index contributed by atoms with van der Waals surface area (Å²) in [5.41, 5.74) is 1.44. The molecule has 0 aliphatic carbocycles. The Labute approximate surface area is 174 Å². The van der Waals surface area contributed by atoms with Crippen molar-refractivity contribution in [2.75, 3.05) is 12.9 Å². The van der Waals surface area contributed by atoms with Gasteiger partial charge in [0.05, 0.1) is 24.2 Å². The zero-order valence-corrected chi connectivity index (χ0v) is 17.8. The lowest BCUT2D eigenvalue weighted by Gasteiger charge is -2.17. The fraction of sp³-hybridized carbons (Fsp3) is 0.273. The number of ether oxygens (including phenoxy) is 2. The van der Waals surface area contributed by atoms with Gasteiger partial charge in [0.15, 0.2) is 9.84 Å². The van der Waals surface area contributed by atoms with E-state index in [2.05, 4.69) is 4.98 Å². The number of carbonyl (C=O) groups is 1. The van der Waals surface area contributed by atoms with Crippen molar-refractivity contribution in [3.63, 3.8) is 0 Å². The first-order valence-electron chi connectivity index (χ1n) is 9.46. The van der Waals surface area contributed by atoms with Crippen LogP contribution in [-0.4, -0.2) is 32.2 Å². The third-order valence-electron chi connectivity index (χ3n) is 4.82. The van der Waals surface area contributed by atoms with Crippen molar-refractivity contribution in [2.45, 2.75) is 31.6 Å². The second-order valence-corrected chi connectivity index (χ2v) is 8.93. The van der Waals surface area contributed by atoms with Crippen molar-refractivity contribution in [3.05, 3.63) is 59.5 Å². The zero-order chi connectivity index (χ0) is 21.9. The van der Waals surface area contributed by atoms with Crippen LogP contribution in [0.15, 0.2) is 47.5 Å². The van der Waals surface area contributed by atoms with Crippen LogP contribution in [0, 0.1) is 5.82 Å². The Morgan fingerprint density at radius 2 is 1.90 bits per heavy atom. The lowest BCUT2D eigenvalue weighted by atomic mass is 9.95. The first-order valence-corrected chi connectivity index (χ1v) is 11.1. The van der Waals surface area contributed by atoms with Crippen LogP contribution >= 0.6 is 0 Å². The number of hydrogen-bond acceptors (Lipinski definition) is 6. The number of rotatable bonds is 7. The summed E-state index contributed by atoms with van der Waals surface area (Å²) in [6.07, 6.45) is 1.81. The monoisotopic (exact) mass is 431 g/mol. The Bertz CT molecular complexity index is 1190. The lowest BCUT2D eigenvalue weighted by molar-refractivity contribution is -0.139. The molecule has 0 N–H and O–H groups in total. The van der Waals surface area contributed by atoms with E-state index in [1.807, 2.05) is 13.0 Å². The van der Waals surface area contributed by atoms with Crippen molar-refractivity contribution >= 4 is 26.6 Å². The van der Waals surface area contributed by atoms with Gasteiger partial charge in [-0.2, -0.15) is 0 Å². The van der Waals surface area contributed by atoms with Gasteiger partial charge in [0.1, 0.15) is 11.6 Å². The van der Waals surface area contributed by atoms with E-state index in [9.17, 15) is 17.6 Å². The van der Waals surface area contributed by atoms with E-state index in [-0.39, 0.29) is 22.9 Å². The van der Waals surface area contributed by atoms with E-state index in [0.717, 1.165) is 5.56 Å². The molecule has 0 aliphatic rings. The van der Waals surface area contributed by atoms with Crippen molar-refractivity contribution in [1.29, 1.82) is 0 Å². The van der Waals surface area contributed by atoms with Gasteiger partial charge in [-0.05, 0) is 41.1 Å². The van der Waals surface area contributed by atoms with Gasteiger partial charge < -0.3 is 9.47 Å². The van der Waals surface area contributed by atoms with Gasteiger partial charge in [-0.15, -0.1) is 0 Å². The molecule has 0 bridgehead atoms. The minimum Gasteiger partial charge on any atom is -0.469 e. The van der Waals surface area contributed by atoms with E-state index in [1.165, 1.54) is 37.6 Å². The molecule has 0 saturated heterocycles. The number of pyridine rings is 1. The largest absolute Gasteiger partial charge is 0.469 e. The van der Waals surface area contributed by atoms with Crippen LogP contribution < -0.4 is 4.74 Å². The highest BCUT2D eigenvalue weighted by Gasteiger charge is 2.19. The van der Waals surface area contributed by atoms with Crippen LogP contribution in [0.1, 0.15) is 25.0 Å². The molecule has 0 spiro atoms. The molecule has 0 atom stereocenters. The molecule has 6 nitrogen and oxygen atoms in total. The standard InChI is InChI=1S/C22H22FNO5S/c1-4-18-15(11-21(25)28-3)10-14-6-7-16(23)12-19(14)22(18)29-20-9-8-17(13-24-20)30(26,27)5-2/h6-10,12-13H,4-5,11H2,1-3H3. The van der Waals surface area contributed by atoms with Crippen molar-refractivity contribution in [3.8, 4) is 11.6 Å². The highest BCUT2D eigenvalue weighted by atomic mass is 32.2. The molecule has 1 heterocycles. The summed E-state index contributed by atoms with van der Waals surface area (Å²) in [5, 5.41) is 1.24. The molecule has 0 fully saturated rings. The third kappa shape index (κ3) is 4.43. The number of benzene rings is 2. The SMILES string of the molecule is CCc1c(CC(=O)OC)cc2ccc(F)cc2c1Oc1ccc(S(=O)(=O)CC)cn1. The molecule has 0 unspecified atom stereocenters. The Kier molecular flexibility index (Phi) is 6.36. The van der Waals surface area contributed by atoms with E-state index >= 15 is 0 Å². The molecule has 158 valence electrons. The molecule has 2 aromatic carbocycles. The number of fused-ring (bicyclic) bond motifs is 1. The van der Waals surface area contributed by atoms with Crippen molar-refractivity contribution in [1.82, 2.24) is 4.98 Å². The maximum atomic E-state index is 14.0. The first-order chi connectivity index (χ1) is 14.3. The predicted octanol–water partition coefficient (Wildman–Crippen LogP) is 4.24. The molecular weight excluding hydrogens is 409 g/mol. The van der Waals surface area contributed by atoms with Crippen LogP contribution in [0.25, 0.3) is 10.8 Å². The molecule has 0 amide bonds. The quantitative estimate of drug-likeness (QED) is 0.521. The van der Waals surface area contributed by atoms with E-state index in [4.69, 9.17) is 9.47 Å². The van der Waals surface area contributed by atoms with E-state index < -0.39 is 21.6 Å². The van der Waals surface area contributed by atoms with Crippen LogP contribution in [0.2, 0.25) is 0 Å². The molecule has 0 aliphatic heterocycles. The van der Waals surface area contributed by atoms with E-state index in [1.54, 1.807) is 13.0 Å². The Balaban J connectivity index is 2.13. The van der Waals surface area contributed by atoms with Gasteiger partial charge >= 0.3 is 5.97 Å². The van der Waals surface area contributed by atoms with Gasteiger partial charge in [-0.25, -0.2) is 17.8 Å². The van der Waals surface area contributed by atoms with Gasteiger partial charge in [-0.3, -0.25) is 4.79 Å². The molecule has 3 aromatic rings. The van der Waals surface area contributed by atoms with Gasteiger partial charge in [0, 0.05) is 17.6 Å². The highest BCUT2D eigenvalue weighted by Crippen LogP contribution is 2.37. The van der Waals surface area contributed by atoms with Crippen molar-refractivity contribution < 1.29 is 27.1 Å². The predicted molar refractivity (Wildman–Crippen MR) is 111 cm³/mol. The summed E-state index contributed by atoms with van der Waals surface area (Å²) >= 11 is 0. The number of aromatic nitrogens is 1. The number of nitrogens with zero attached hydrogens (tertiary/aromatic N) is 1. The number of halogens is 1. The average Bonchev–Trinajstić information content (AvgIpc) is 2.74. The molecule has 0 radical (unpaired) electrons. The maximum absolute atomic E-state index is 14.0. The smallest absolute Gasteiger partial charge is 0.309 e. The van der Waals surface area contributed by atoms with Crippen LogP contribution in [0.4, 0.5) is 4.39 Å². The summed E-state index contributed by atoms with van der Waals surface area (Å²) < 4.78 is 48.7. The molecule has 0 saturated carbocycles. The third-order valence-corrected chi connectivity index (χ3v) is 6.54. The zero-order valence-electron chi connectivity index (χ0n) is 16.9. The Morgan fingerprint density at radius 1 is 1.13 bits per heavy atom. The summed E-state index contributed by atoms with van der Waals surface area (Å²) in [7, 11) is -2.07. The summed E-state index contributed by atoms with van der Waals surface area (Å²) in [4.78, 5) is 16.1. The van der Waals surface area contributed by atoms with E-state index in [0.29, 0.717) is 28.5 Å². The minimum atomic E-state index is -3.38. The second kappa shape index (κ2) is 8.79. The maximum Gasteiger partial charge on any atom is 0.309 e. The highest BCUT2D eigenvalue weighted by molar-refractivity contribution is 7.91. The molecule has 1 aromatic heterocycles. The van der Waals surface area contributed by atoms with Gasteiger partial charge in [0.25, 0.3) is 0 Å². The Hall–Kier alpha value is -3.00. The average molecular weight is 431 g/mol. The molecule has 8 heteroatoms. The van der Waals surface area contributed by atoms with Gasteiger partial charge in [-0.1, -0.05) is 26.0 Å². The summed E-state index contributed by atoms with van der Waals surface area (Å²) in [6, 6.07) is 9.02. The molecule has 30 heavy (non-hydrogen) atoms. The minimum absolute atomic E-state index is 0.0334. The summed E-state index contributed by atoms with van der Waals surface area (Å²) in [5.74, 6) is -0.307. The number of methoxy groups -OCH3 is 1. The molecule has 3 rings (SSSR count). The lowest BCUT2D eigenvalue weighted by Crippen LogP contribution is -2.08. The normalized spacial score (nSPS) is 11.5. The fourth-order valence-corrected chi connectivity index (χ4v) is 4.03. The van der Waals surface area contributed by atoms with Crippen molar-refractivity contribution in [2.24, 2.45) is 0 Å². The van der Waals surface area contributed by atoms with Crippen LogP contribution in [0.3, 0.4) is 0 Å². The first kappa shape index (κ1) is 21.7. The number of esters is 1. The van der Waals surface area contributed by atoms with Gasteiger partial charge in [0.2, 0.25) is 5.88 Å². The topological polar surface area (TPSA) is 82.6 Å². The summed E-state index contributed by atoms with van der Waals surface area (Å²) in [6.45, 7) is 3.46. The number of carbonyl (C=O) groups excluding carboxylic acids is 1. The molecular formula is C22H22FNO5S. The number of hydrogen-bond donors (Lipinski definition) is 0. The fourth-order valence-electron chi connectivity index (χ4n) is 3.21. The second-order valence-electron chi connectivity index (χ2n) is 6.65. The Morgan fingerprint density at radius 3 is 2.50 bits per heavy atom. The van der Waals surface area contributed by atoms with Crippen LogP contribution in [-0.2, 0) is 32.2 Å². The van der Waals surface area contributed by atoms with Crippen LogP contribution in [0.5, 0.6) is 11.6 Å².